The van der Waals surface area contributed by atoms with Gasteiger partial charge in [-0.25, -0.2) is 4.79 Å². The van der Waals surface area contributed by atoms with E-state index < -0.39 is 5.63 Å². The molecule has 0 amide bonds. The van der Waals surface area contributed by atoms with Crippen LogP contribution >= 0.6 is 0 Å². The van der Waals surface area contributed by atoms with Gasteiger partial charge < -0.3 is 14.8 Å². The van der Waals surface area contributed by atoms with Gasteiger partial charge in [-0.3, -0.25) is 0 Å². The second kappa shape index (κ2) is 5.80. The molecule has 3 rings (SSSR count). The summed E-state index contributed by atoms with van der Waals surface area (Å²) in [5.41, 5.74) is 4.86. The molecule has 0 saturated heterocycles. The summed E-state index contributed by atoms with van der Waals surface area (Å²) in [7, 11) is 0. The molecule has 0 radical (unpaired) electrons. The average molecular weight is 309 g/mol. The van der Waals surface area contributed by atoms with E-state index in [9.17, 15) is 9.90 Å². The highest BCUT2D eigenvalue weighted by Crippen LogP contribution is 2.28. The third kappa shape index (κ3) is 2.93. The van der Waals surface area contributed by atoms with E-state index in [-0.39, 0.29) is 5.75 Å². The topological polar surface area (TPSA) is 62.5 Å². The van der Waals surface area contributed by atoms with Crippen molar-refractivity contribution in [2.45, 2.75) is 27.3 Å². The highest BCUT2D eigenvalue weighted by Gasteiger charge is 2.11. The van der Waals surface area contributed by atoms with Gasteiger partial charge in [-0.1, -0.05) is 17.7 Å². The van der Waals surface area contributed by atoms with Crippen LogP contribution < -0.4 is 10.9 Å². The Balaban J connectivity index is 2.00. The molecule has 0 bridgehead atoms. The Hall–Kier alpha value is -2.75. The second-order valence-electron chi connectivity index (χ2n) is 5.85. The second-order valence-corrected chi connectivity index (χ2v) is 5.85. The van der Waals surface area contributed by atoms with Gasteiger partial charge in [0.2, 0.25) is 0 Å². The molecule has 4 heteroatoms. The van der Waals surface area contributed by atoms with Crippen LogP contribution in [0.2, 0.25) is 0 Å². The molecule has 2 aromatic carbocycles. The number of aromatic hydroxyl groups is 1. The zero-order valence-corrected chi connectivity index (χ0v) is 13.4. The molecule has 4 nitrogen and oxygen atoms in total. The van der Waals surface area contributed by atoms with Gasteiger partial charge in [0.1, 0.15) is 11.3 Å². The van der Waals surface area contributed by atoms with Crippen LogP contribution in [0.4, 0.5) is 5.69 Å². The van der Waals surface area contributed by atoms with Crippen molar-refractivity contribution in [1.82, 2.24) is 0 Å². The van der Waals surface area contributed by atoms with Gasteiger partial charge in [-0.05, 0) is 50.1 Å². The van der Waals surface area contributed by atoms with Gasteiger partial charge in [0.15, 0.2) is 0 Å². The number of nitrogens with one attached hydrogen (secondary N) is 1. The standard InChI is InChI=1S/C19H19NO3/c1-11-4-6-16(12(2)8-11)20-10-14-9-18(22)23-19-13(3)17(21)7-5-15(14)19/h4-9,20-21H,10H2,1-3H3. The van der Waals surface area contributed by atoms with E-state index in [1.54, 1.807) is 19.1 Å². The summed E-state index contributed by atoms with van der Waals surface area (Å²) >= 11 is 0. The molecule has 1 heterocycles. The maximum atomic E-state index is 11.8. The van der Waals surface area contributed by atoms with Crippen molar-refractivity contribution in [1.29, 1.82) is 0 Å². The van der Waals surface area contributed by atoms with Gasteiger partial charge in [0, 0.05) is 29.2 Å². The number of rotatable bonds is 3. The SMILES string of the molecule is Cc1ccc(NCc2cc(=O)oc3c(C)c(O)ccc23)c(C)c1. The van der Waals surface area contributed by atoms with Gasteiger partial charge >= 0.3 is 5.63 Å². The fourth-order valence-corrected chi connectivity index (χ4v) is 2.76. The van der Waals surface area contributed by atoms with Crippen LogP contribution in [-0.2, 0) is 6.54 Å². The molecule has 0 unspecified atom stereocenters. The molecule has 0 spiro atoms. The molecule has 0 aliphatic carbocycles. The molecule has 1 aromatic heterocycles. The lowest BCUT2D eigenvalue weighted by molar-refractivity contribution is 0.468. The van der Waals surface area contributed by atoms with Crippen LogP contribution in [0.1, 0.15) is 22.3 Å². The van der Waals surface area contributed by atoms with Crippen molar-refractivity contribution in [3.05, 3.63) is 69.1 Å². The number of fused-ring (bicyclic) bond motifs is 1. The minimum Gasteiger partial charge on any atom is -0.508 e. The third-order valence-electron chi connectivity index (χ3n) is 4.07. The summed E-state index contributed by atoms with van der Waals surface area (Å²) < 4.78 is 5.26. The van der Waals surface area contributed by atoms with Crippen LogP contribution in [0, 0.1) is 20.8 Å². The summed E-state index contributed by atoms with van der Waals surface area (Å²) in [5.74, 6) is 0.125. The summed E-state index contributed by atoms with van der Waals surface area (Å²) in [4.78, 5) is 11.8. The summed E-state index contributed by atoms with van der Waals surface area (Å²) in [6.45, 7) is 6.36. The van der Waals surface area contributed by atoms with Crippen LogP contribution in [0.3, 0.4) is 0 Å². The number of phenols is 1. The maximum Gasteiger partial charge on any atom is 0.336 e. The summed E-state index contributed by atoms with van der Waals surface area (Å²) in [5, 5.41) is 14.0. The van der Waals surface area contributed by atoms with Gasteiger partial charge in [0.25, 0.3) is 0 Å². The Bertz CT molecular complexity index is 941. The largest absolute Gasteiger partial charge is 0.508 e. The number of hydrogen-bond donors (Lipinski definition) is 2. The normalized spacial score (nSPS) is 10.9. The van der Waals surface area contributed by atoms with Crippen molar-refractivity contribution in [3.8, 4) is 5.75 Å². The highest BCUT2D eigenvalue weighted by atomic mass is 16.4. The number of phenolic OH excluding ortho intramolecular Hbond substituents is 1. The van der Waals surface area contributed by atoms with E-state index in [0.717, 1.165) is 22.2 Å². The maximum absolute atomic E-state index is 11.8. The van der Waals surface area contributed by atoms with E-state index in [2.05, 4.69) is 31.3 Å². The van der Waals surface area contributed by atoms with Crippen LogP contribution in [-0.4, -0.2) is 5.11 Å². The molecule has 0 saturated carbocycles. The van der Waals surface area contributed by atoms with Gasteiger partial charge in [0.05, 0.1) is 0 Å². The van der Waals surface area contributed by atoms with Gasteiger partial charge in [-0.2, -0.15) is 0 Å². The van der Waals surface area contributed by atoms with Crippen molar-refractivity contribution < 1.29 is 9.52 Å². The molecule has 0 aliphatic rings. The zero-order valence-electron chi connectivity index (χ0n) is 13.4. The first-order valence-electron chi connectivity index (χ1n) is 7.52. The molecule has 118 valence electrons. The first-order valence-corrected chi connectivity index (χ1v) is 7.52. The Morgan fingerprint density at radius 1 is 1.09 bits per heavy atom. The van der Waals surface area contributed by atoms with Crippen molar-refractivity contribution >= 4 is 16.7 Å². The smallest absolute Gasteiger partial charge is 0.336 e. The molecular formula is C19H19NO3. The first kappa shape index (κ1) is 15.2. The van der Waals surface area contributed by atoms with Crippen LogP contribution in [0.5, 0.6) is 5.75 Å². The lowest BCUT2D eigenvalue weighted by Gasteiger charge is -2.12. The van der Waals surface area contributed by atoms with Crippen LogP contribution in [0.15, 0.2) is 45.6 Å². The van der Waals surface area contributed by atoms with Crippen LogP contribution in [0.25, 0.3) is 11.0 Å². The highest BCUT2D eigenvalue weighted by molar-refractivity contribution is 5.85. The summed E-state index contributed by atoms with van der Waals surface area (Å²) in [6.07, 6.45) is 0. The van der Waals surface area contributed by atoms with E-state index in [1.807, 2.05) is 6.07 Å². The molecule has 2 N–H and O–H groups in total. The number of anilines is 1. The van der Waals surface area contributed by atoms with E-state index in [4.69, 9.17) is 4.42 Å². The van der Waals surface area contributed by atoms with Crippen molar-refractivity contribution in [3.63, 3.8) is 0 Å². The number of aryl methyl sites for hydroxylation is 3. The molecular weight excluding hydrogens is 290 g/mol. The van der Waals surface area contributed by atoms with E-state index in [1.165, 1.54) is 11.6 Å². The third-order valence-corrected chi connectivity index (χ3v) is 4.07. The molecule has 23 heavy (non-hydrogen) atoms. The molecule has 0 fully saturated rings. The minimum absolute atomic E-state index is 0.125. The Morgan fingerprint density at radius 2 is 1.87 bits per heavy atom. The average Bonchev–Trinajstić information content (AvgIpc) is 2.50. The summed E-state index contributed by atoms with van der Waals surface area (Å²) in [6, 6.07) is 11.1. The Kier molecular flexibility index (Phi) is 3.82. The quantitative estimate of drug-likeness (QED) is 0.717. The first-order chi connectivity index (χ1) is 11.0. The lowest BCUT2D eigenvalue weighted by Crippen LogP contribution is -2.07. The predicted octanol–water partition coefficient (Wildman–Crippen LogP) is 4.04. The van der Waals surface area contributed by atoms with Crippen molar-refractivity contribution in [2.75, 3.05) is 5.32 Å². The zero-order chi connectivity index (χ0) is 16.6. The van der Waals surface area contributed by atoms with Crippen molar-refractivity contribution in [2.24, 2.45) is 0 Å². The van der Waals surface area contributed by atoms with Gasteiger partial charge in [-0.15, -0.1) is 0 Å². The fraction of sp³-hybridized carbons (Fsp3) is 0.211. The molecule has 0 aliphatic heterocycles. The minimum atomic E-state index is -0.413. The van der Waals surface area contributed by atoms with E-state index in [0.29, 0.717) is 17.7 Å². The van der Waals surface area contributed by atoms with E-state index >= 15 is 0 Å². The number of benzene rings is 2. The Labute approximate surface area is 134 Å². The molecule has 3 aromatic rings. The number of hydrogen-bond acceptors (Lipinski definition) is 4. The lowest BCUT2D eigenvalue weighted by atomic mass is 10.1. The predicted molar refractivity (Wildman–Crippen MR) is 92.1 cm³/mol. The monoisotopic (exact) mass is 309 g/mol. The molecule has 0 atom stereocenters. The Morgan fingerprint density at radius 3 is 2.61 bits per heavy atom. The fourth-order valence-electron chi connectivity index (χ4n) is 2.76.